The van der Waals surface area contributed by atoms with Crippen molar-refractivity contribution in [2.75, 3.05) is 20.6 Å². The van der Waals surface area contributed by atoms with Crippen molar-refractivity contribution in [2.24, 2.45) is 4.99 Å². The third-order valence-electron chi connectivity index (χ3n) is 3.51. The number of aromatic nitrogens is 1. The van der Waals surface area contributed by atoms with E-state index in [0.29, 0.717) is 0 Å². The Hall–Kier alpha value is -1.63. The Morgan fingerprint density at radius 1 is 1.13 bits per heavy atom. The van der Waals surface area contributed by atoms with Crippen LogP contribution in [0.4, 0.5) is 0 Å². The molecule has 0 saturated heterocycles. The Labute approximate surface area is 156 Å². The van der Waals surface area contributed by atoms with Crippen molar-refractivity contribution < 1.29 is 0 Å². The van der Waals surface area contributed by atoms with Gasteiger partial charge in [0.05, 0.1) is 0 Å². The number of nitrogens with zero attached hydrogens (tertiary/aromatic N) is 3. The monoisotopic (exact) mass is 424 g/mol. The predicted molar refractivity (Wildman–Crippen MR) is 107 cm³/mol. The van der Waals surface area contributed by atoms with Crippen molar-refractivity contribution in [3.63, 3.8) is 0 Å². The van der Waals surface area contributed by atoms with E-state index in [4.69, 9.17) is 0 Å². The molecule has 1 N–H and O–H groups in total. The Balaban J connectivity index is 0.00000264. The maximum absolute atomic E-state index is 4.35. The van der Waals surface area contributed by atoms with E-state index in [9.17, 15) is 0 Å². The van der Waals surface area contributed by atoms with Crippen LogP contribution in [0.3, 0.4) is 0 Å². The molecule has 0 bridgehead atoms. The number of aliphatic imine (C=N–C) groups is 1. The summed E-state index contributed by atoms with van der Waals surface area (Å²) in [6.07, 6.45) is 2.87. The number of aryl methyl sites for hydroxylation is 1. The van der Waals surface area contributed by atoms with Crippen molar-refractivity contribution in [3.05, 3.63) is 65.5 Å². The van der Waals surface area contributed by atoms with Gasteiger partial charge in [0.15, 0.2) is 5.96 Å². The van der Waals surface area contributed by atoms with E-state index in [1.54, 1.807) is 0 Å². The molecular weight excluding hydrogens is 399 g/mol. The van der Waals surface area contributed by atoms with Crippen LogP contribution in [0, 0.1) is 6.92 Å². The number of halogens is 1. The lowest BCUT2D eigenvalue weighted by Gasteiger charge is -2.22. The summed E-state index contributed by atoms with van der Waals surface area (Å²) in [6.45, 7) is 3.69. The number of pyridine rings is 1. The van der Waals surface area contributed by atoms with Gasteiger partial charge in [-0.3, -0.25) is 9.98 Å². The molecule has 0 aliphatic rings. The first-order valence-corrected chi connectivity index (χ1v) is 7.56. The molecule has 1 aromatic heterocycles. The molecule has 0 atom stereocenters. The second-order valence-electron chi connectivity index (χ2n) is 5.37. The van der Waals surface area contributed by atoms with Crippen LogP contribution in [-0.2, 0) is 13.0 Å². The molecule has 0 amide bonds. The van der Waals surface area contributed by atoms with Crippen LogP contribution in [-0.4, -0.2) is 36.5 Å². The quantitative estimate of drug-likeness (QED) is 0.455. The Morgan fingerprint density at radius 3 is 2.48 bits per heavy atom. The highest BCUT2D eigenvalue weighted by Gasteiger charge is 2.06. The standard InChI is InChI=1S/C18H24N4.HI/c1-15-9-10-16(13-21-15)11-12-20-18(19-2)22(3)14-17-7-5-4-6-8-17;/h4-10,13H,11-12,14H2,1-3H3,(H,19,20);1H. The molecular formula is C18H25IN4. The van der Waals surface area contributed by atoms with E-state index in [0.717, 1.165) is 31.2 Å². The Bertz CT molecular complexity index is 596. The summed E-state index contributed by atoms with van der Waals surface area (Å²) in [6, 6.07) is 14.6. The van der Waals surface area contributed by atoms with E-state index >= 15 is 0 Å². The topological polar surface area (TPSA) is 40.5 Å². The minimum absolute atomic E-state index is 0. The predicted octanol–water partition coefficient (Wildman–Crippen LogP) is 3.26. The van der Waals surface area contributed by atoms with Crippen LogP contribution in [0.2, 0.25) is 0 Å². The highest BCUT2D eigenvalue weighted by atomic mass is 127. The highest BCUT2D eigenvalue weighted by molar-refractivity contribution is 14.0. The Morgan fingerprint density at radius 2 is 1.87 bits per heavy atom. The van der Waals surface area contributed by atoms with Gasteiger partial charge in [0, 0.05) is 39.1 Å². The van der Waals surface area contributed by atoms with Gasteiger partial charge in [-0.25, -0.2) is 0 Å². The summed E-state index contributed by atoms with van der Waals surface area (Å²) in [5.41, 5.74) is 3.56. The number of hydrogen-bond acceptors (Lipinski definition) is 2. The molecule has 0 saturated carbocycles. The van der Waals surface area contributed by atoms with Crippen LogP contribution in [0.25, 0.3) is 0 Å². The van der Waals surface area contributed by atoms with E-state index in [-0.39, 0.29) is 24.0 Å². The molecule has 0 fully saturated rings. The lowest BCUT2D eigenvalue weighted by atomic mass is 10.2. The summed E-state index contributed by atoms with van der Waals surface area (Å²) in [5, 5.41) is 3.40. The van der Waals surface area contributed by atoms with Gasteiger partial charge >= 0.3 is 0 Å². The first kappa shape index (κ1) is 19.4. The SMILES string of the molecule is CN=C(NCCc1ccc(C)nc1)N(C)Cc1ccccc1.I. The van der Waals surface area contributed by atoms with Gasteiger partial charge < -0.3 is 10.2 Å². The van der Waals surface area contributed by atoms with Crippen LogP contribution in [0.5, 0.6) is 0 Å². The first-order chi connectivity index (χ1) is 10.7. The second-order valence-corrected chi connectivity index (χ2v) is 5.37. The maximum atomic E-state index is 4.35. The van der Waals surface area contributed by atoms with Crippen LogP contribution in [0.1, 0.15) is 16.8 Å². The average molecular weight is 424 g/mol. The lowest BCUT2D eigenvalue weighted by Crippen LogP contribution is -2.39. The van der Waals surface area contributed by atoms with Crippen molar-refractivity contribution in [2.45, 2.75) is 19.9 Å². The number of nitrogens with one attached hydrogen (secondary N) is 1. The van der Waals surface area contributed by atoms with Gasteiger partial charge in [-0.15, -0.1) is 24.0 Å². The van der Waals surface area contributed by atoms with Crippen LogP contribution < -0.4 is 5.32 Å². The molecule has 5 heteroatoms. The summed E-state index contributed by atoms with van der Waals surface area (Å²) in [5.74, 6) is 0.906. The smallest absolute Gasteiger partial charge is 0.193 e. The Kier molecular flexibility index (Phi) is 8.61. The van der Waals surface area contributed by atoms with Gasteiger partial charge in [0.25, 0.3) is 0 Å². The lowest BCUT2D eigenvalue weighted by molar-refractivity contribution is 0.477. The minimum Gasteiger partial charge on any atom is -0.356 e. The van der Waals surface area contributed by atoms with Crippen molar-refractivity contribution in [3.8, 4) is 0 Å². The summed E-state index contributed by atoms with van der Waals surface area (Å²) < 4.78 is 0. The average Bonchev–Trinajstić information content (AvgIpc) is 2.54. The summed E-state index contributed by atoms with van der Waals surface area (Å²) in [7, 11) is 3.87. The molecule has 1 heterocycles. The van der Waals surface area contributed by atoms with Crippen LogP contribution in [0.15, 0.2) is 53.7 Å². The molecule has 0 aliphatic carbocycles. The van der Waals surface area contributed by atoms with Gasteiger partial charge in [-0.05, 0) is 30.5 Å². The number of hydrogen-bond donors (Lipinski definition) is 1. The number of benzene rings is 1. The second kappa shape index (κ2) is 10.2. The zero-order chi connectivity index (χ0) is 15.8. The zero-order valence-corrected chi connectivity index (χ0v) is 16.3. The van der Waals surface area contributed by atoms with Crippen LogP contribution >= 0.6 is 24.0 Å². The fourth-order valence-corrected chi connectivity index (χ4v) is 2.28. The number of rotatable bonds is 5. The fraction of sp³-hybridized carbons (Fsp3) is 0.333. The van der Waals surface area contributed by atoms with Gasteiger partial charge in [-0.2, -0.15) is 0 Å². The third kappa shape index (κ3) is 6.56. The highest BCUT2D eigenvalue weighted by Crippen LogP contribution is 2.03. The maximum Gasteiger partial charge on any atom is 0.193 e. The molecule has 1 aromatic carbocycles. The van der Waals surface area contributed by atoms with E-state index < -0.39 is 0 Å². The van der Waals surface area contributed by atoms with Crippen molar-refractivity contribution >= 4 is 29.9 Å². The molecule has 4 nitrogen and oxygen atoms in total. The largest absolute Gasteiger partial charge is 0.356 e. The molecule has 23 heavy (non-hydrogen) atoms. The molecule has 124 valence electrons. The number of guanidine groups is 1. The van der Waals surface area contributed by atoms with Crippen molar-refractivity contribution in [1.29, 1.82) is 0 Å². The minimum atomic E-state index is 0. The molecule has 2 aromatic rings. The fourth-order valence-electron chi connectivity index (χ4n) is 2.28. The normalized spacial score (nSPS) is 10.8. The van der Waals surface area contributed by atoms with E-state index in [1.807, 2.05) is 32.3 Å². The molecule has 0 spiro atoms. The molecule has 0 aliphatic heterocycles. The van der Waals surface area contributed by atoms with Gasteiger partial charge in [0.1, 0.15) is 0 Å². The van der Waals surface area contributed by atoms with Crippen molar-refractivity contribution in [1.82, 2.24) is 15.2 Å². The third-order valence-corrected chi connectivity index (χ3v) is 3.51. The van der Waals surface area contributed by atoms with Gasteiger partial charge in [-0.1, -0.05) is 36.4 Å². The summed E-state index contributed by atoms with van der Waals surface area (Å²) in [4.78, 5) is 10.8. The van der Waals surface area contributed by atoms with E-state index in [2.05, 4.69) is 57.6 Å². The summed E-state index contributed by atoms with van der Waals surface area (Å²) >= 11 is 0. The van der Waals surface area contributed by atoms with Gasteiger partial charge in [0.2, 0.25) is 0 Å². The molecule has 2 rings (SSSR count). The molecule has 0 unspecified atom stereocenters. The molecule has 0 radical (unpaired) electrons. The van der Waals surface area contributed by atoms with E-state index in [1.165, 1.54) is 11.1 Å². The first-order valence-electron chi connectivity index (χ1n) is 7.56. The zero-order valence-electron chi connectivity index (χ0n) is 14.0.